The van der Waals surface area contributed by atoms with Crippen LogP contribution in [-0.2, 0) is 14.8 Å². The van der Waals surface area contributed by atoms with Crippen molar-refractivity contribution in [2.45, 2.75) is 132 Å². The van der Waals surface area contributed by atoms with Gasteiger partial charge in [-0.25, -0.2) is 17.5 Å². The predicted octanol–water partition coefficient (Wildman–Crippen LogP) is 10.3. The lowest BCUT2D eigenvalue weighted by Gasteiger charge is -2.59. The number of benzene rings is 4. The lowest BCUT2D eigenvalue weighted by Crippen LogP contribution is -2.60. The zero-order valence-corrected chi connectivity index (χ0v) is 48.9. The van der Waals surface area contributed by atoms with Gasteiger partial charge in [-0.05, 0) is 144 Å². The molecule has 3 saturated heterocycles. The van der Waals surface area contributed by atoms with Crippen LogP contribution >= 0.6 is 0 Å². The largest absolute Gasteiger partial charge is 0.491 e. The van der Waals surface area contributed by atoms with Gasteiger partial charge in [0.25, 0.3) is 21.6 Å². The second-order valence-electron chi connectivity index (χ2n) is 25.0. The summed E-state index contributed by atoms with van der Waals surface area (Å²) in [6.07, 6.45) is 9.09. The maximum absolute atomic E-state index is 15.1. The van der Waals surface area contributed by atoms with E-state index < -0.39 is 54.8 Å². The summed E-state index contributed by atoms with van der Waals surface area (Å²) >= 11 is 0. The van der Waals surface area contributed by atoms with E-state index in [-0.39, 0.29) is 59.2 Å². The number of aromatic amines is 1. The molecule has 5 aliphatic heterocycles. The van der Waals surface area contributed by atoms with Crippen molar-refractivity contribution in [3.05, 3.63) is 130 Å². The number of nitro benzene ring substituents is 1. The number of piperidine rings is 1. The van der Waals surface area contributed by atoms with Gasteiger partial charge in [0, 0.05) is 98.8 Å². The number of piperazine rings is 1. The molecule has 2 aromatic heterocycles. The maximum Gasteiger partial charge on any atom is 0.293 e. The normalized spacial score (nSPS) is 25.3. The first kappa shape index (κ1) is 57.0. The molecule has 2 aliphatic carbocycles. The Kier molecular flexibility index (Phi) is 15.2. The van der Waals surface area contributed by atoms with Crippen molar-refractivity contribution in [1.29, 1.82) is 0 Å². The number of carbonyl (C=O) groups is 1. The third-order valence-electron chi connectivity index (χ3n) is 19.2. The smallest absolute Gasteiger partial charge is 0.293 e. The van der Waals surface area contributed by atoms with Gasteiger partial charge in [0.2, 0.25) is 11.7 Å². The molecule has 4 aromatic carbocycles. The molecule has 19 nitrogen and oxygen atoms in total. The minimum Gasteiger partial charge on any atom is -0.491 e. The van der Waals surface area contributed by atoms with E-state index in [4.69, 9.17) is 23.9 Å². The van der Waals surface area contributed by atoms with E-state index in [1.807, 2.05) is 57.2 Å². The fraction of sp³-hybridized carbons (Fsp3) is 0.492. The fourth-order valence-corrected chi connectivity index (χ4v) is 15.5. The van der Waals surface area contributed by atoms with Crippen LogP contribution < -0.4 is 34.0 Å². The first-order chi connectivity index (χ1) is 40.9. The first-order valence-corrected chi connectivity index (χ1v) is 31.5. The second-order valence-corrected chi connectivity index (χ2v) is 26.7. The molecule has 4 N–H and O–H groups in total. The first-order valence-electron chi connectivity index (χ1n) is 30.0. The lowest BCUT2D eigenvalue weighted by molar-refractivity contribution is -0.384. The average molecular weight is 1190 g/mol. The summed E-state index contributed by atoms with van der Waals surface area (Å²) in [7, 11) is -4.67. The third kappa shape index (κ3) is 11.1. The number of hydrogen-bond acceptors (Lipinski definition) is 16. The number of fused-ring (bicyclic) bond motifs is 4. The van der Waals surface area contributed by atoms with E-state index in [9.17, 15) is 32.8 Å². The number of halogens is 2. The number of nitro groups is 1. The highest BCUT2D eigenvalue weighted by Gasteiger charge is 2.51. The fourth-order valence-electron chi connectivity index (χ4n) is 14.6. The number of nitrogens with zero attached hydrogens (tertiary/aromatic N) is 6. The van der Waals surface area contributed by atoms with Crippen LogP contribution in [0.2, 0.25) is 0 Å². The van der Waals surface area contributed by atoms with E-state index >= 15 is 4.39 Å². The van der Waals surface area contributed by atoms with Crippen molar-refractivity contribution in [1.82, 2.24) is 24.5 Å². The Labute approximate surface area is 493 Å². The predicted molar refractivity (Wildman–Crippen MR) is 316 cm³/mol. The summed E-state index contributed by atoms with van der Waals surface area (Å²) in [5.74, 6) is -1.40. The van der Waals surface area contributed by atoms with Gasteiger partial charge in [0.05, 0.1) is 58.1 Å². The van der Waals surface area contributed by atoms with Crippen molar-refractivity contribution in [2.75, 3.05) is 74.2 Å². The topological polar surface area (TPSA) is 217 Å². The average Bonchev–Trinajstić information content (AvgIpc) is 2.99. The van der Waals surface area contributed by atoms with Crippen molar-refractivity contribution >= 4 is 55.4 Å². The number of para-hydroxylation sites is 1. The highest BCUT2D eigenvalue weighted by molar-refractivity contribution is 7.90. The van der Waals surface area contributed by atoms with Gasteiger partial charge < -0.3 is 44.2 Å². The zero-order chi connectivity index (χ0) is 58.9. The van der Waals surface area contributed by atoms with Crippen LogP contribution in [0.25, 0.3) is 11.0 Å². The molecule has 0 unspecified atom stereocenters. The Hall–Kier alpha value is -7.11. The van der Waals surface area contributed by atoms with Crippen molar-refractivity contribution in [3.8, 4) is 17.4 Å². The molecule has 85 heavy (non-hydrogen) atoms. The number of aromatic nitrogens is 2. The van der Waals surface area contributed by atoms with E-state index in [1.165, 1.54) is 18.2 Å². The number of ether oxygens (including phenoxy) is 4. The molecular weight excluding hydrogens is 1110 g/mol. The SMILES string of the molecule is CC(C)Oc1ccccc1[C@H]1CN([C@@H]2CCOc3c2ccc(F)c3F)CCN1C1CC2(CCN(c3ccc(C(=O)NS(=O)(=O)c4ccc(NCC5CCC(C)(O)CC5)c([N+](=O)[O-])c4)c(N4c5cc6cc[nH]c6nc5O[C@H]5COCC[C@@H]54)c3)CC2)C1. The molecule has 1 amide bonds. The summed E-state index contributed by atoms with van der Waals surface area (Å²) in [5.41, 5.74) is 3.48. The molecule has 6 aromatic rings. The Morgan fingerprint density at radius 1 is 0.918 bits per heavy atom. The van der Waals surface area contributed by atoms with Gasteiger partial charge >= 0.3 is 0 Å². The maximum atomic E-state index is 15.1. The molecular formula is C63H73F2N9O10S. The molecule has 0 radical (unpaired) electrons. The number of aliphatic hydroxyl groups is 1. The summed E-state index contributed by atoms with van der Waals surface area (Å²) in [6.45, 7) is 11.0. The van der Waals surface area contributed by atoms with Gasteiger partial charge in [-0.1, -0.05) is 24.3 Å². The second kappa shape index (κ2) is 22.6. The standard InChI is InChI=1S/C63H73F2N9O10S/c1-38(2)83-55-7-5-4-6-44(55)54-36-71(49-18-29-82-58-45(49)11-12-47(64)57(58)65)26-27-72(54)42-33-63(34-42)21-24-70(25-22-63)41-8-10-46(51(31-41)73-50-17-28-81-37-56(50)84-61-53(73)30-40-16-23-66-59(40)68-61)60(75)69-85(79,80)43-9-13-48(52(32-43)74(77)78)67-35-39-14-19-62(3,76)20-15-39/h4-13,16,23,30-32,38-39,42,49-50,54,56,67,76H,14-15,17-22,24-29,33-37H2,1-3H3,(H,66,68)(H,69,75)/t39?,49-,50+,54-,56+,62?/m1/s1. The van der Waals surface area contributed by atoms with E-state index in [0.29, 0.717) is 86.5 Å². The minimum absolute atomic E-state index is 0.00991. The van der Waals surface area contributed by atoms with Crippen molar-refractivity contribution in [3.63, 3.8) is 0 Å². The number of nitrogens with one attached hydrogen (secondary N) is 3. The van der Waals surface area contributed by atoms with Crippen LogP contribution in [0.15, 0.2) is 96.0 Å². The summed E-state index contributed by atoms with van der Waals surface area (Å²) < 4.78 is 85.1. The minimum atomic E-state index is -4.67. The summed E-state index contributed by atoms with van der Waals surface area (Å²) in [5, 5.41) is 26.9. The molecule has 5 fully saturated rings. The molecule has 2 saturated carbocycles. The van der Waals surface area contributed by atoms with Gasteiger partial charge in [-0.15, -0.1) is 0 Å². The number of H-pyrrole nitrogens is 1. The highest BCUT2D eigenvalue weighted by atomic mass is 32.2. The summed E-state index contributed by atoms with van der Waals surface area (Å²) in [6, 6.07) is 23.9. The Bertz CT molecular complexity index is 3630. The number of amides is 1. The molecule has 7 aliphatic rings. The molecule has 7 heterocycles. The van der Waals surface area contributed by atoms with E-state index in [0.717, 1.165) is 93.2 Å². The third-order valence-corrected chi connectivity index (χ3v) is 20.5. The van der Waals surface area contributed by atoms with Crippen LogP contribution in [0.4, 0.5) is 37.2 Å². The quantitative estimate of drug-likeness (QED) is 0.0589. The van der Waals surface area contributed by atoms with Crippen LogP contribution in [0.1, 0.15) is 119 Å². The number of carbonyl (C=O) groups excluding carboxylic acids is 1. The van der Waals surface area contributed by atoms with Crippen molar-refractivity contribution in [2.24, 2.45) is 11.3 Å². The Morgan fingerprint density at radius 3 is 2.51 bits per heavy atom. The molecule has 1 spiro atoms. The number of sulfonamides is 1. The number of hydrogen-bond donors (Lipinski definition) is 4. The Balaban J connectivity index is 0.762. The molecule has 13 rings (SSSR count). The summed E-state index contributed by atoms with van der Waals surface area (Å²) in [4.78, 5) is 43.7. The van der Waals surface area contributed by atoms with Crippen molar-refractivity contribution < 1.29 is 51.0 Å². The molecule has 22 heteroatoms. The lowest BCUT2D eigenvalue weighted by atomic mass is 9.59. The number of pyridine rings is 1. The monoisotopic (exact) mass is 1190 g/mol. The highest BCUT2D eigenvalue weighted by Crippen LogP contribution is 2.55. The van der Waals surface area contributed by atoms with Crippen LogP contribution in [0, 0.1) is 33.1 Å². The van der Waals surface area contributed by atoms with Crippen LogP contribution in [-0.4, -0.2) is 133 Å². The number of rotatable bonds is 14. The van der Waals surface area contributed by atoms with Gasteiger partial charge in [-0.3, -0.25) is 24.7 Å². The zero-order valence-electron chi connectivity index (χ0n) is 48.1. The molecule has 4 atom stereocenters. The van der Waals surface area contributed by atoms with Gasteiger partial charge in [-0.2, -0.15) is 9.37 Å². The van der Waals surface area contributed by atoms with E-state index in [2.05, 4.69) is 46.8 Å². The van der Waals surface area contributed by atoms with Gasteiger partial charge in [0.15, 0.2) is 11.6 Å². The van der Waals surface area contributed by atoms with E-state index in [1.54, 1.807) is 18.3 Å². The van der Waals surface area contributed by atoms with Crippen LogP contribution in [0.3, 0.4) is 0 Å². The molecule has 0 bridgehead atoms. The van der Waals surface area contributed by atoms with Crippen LogP contribution in [0.5, 0.6) is 17.4 Å². The molecule has 450 valence electrons. The van der Waals surface area contributed by atoms with Gasteiger partial charge in [0.1, 0.15) is 28.9 Å². The number of anilines is 4. The Morgan fingerprint density at radius 2 is 1.72 bits per heavy atom.